The largest absolute Gasteiger partial charge is 0.326 e. The number of nitrogens with two attached hydrogens (primary N) is 1. The maximum atomic E-state index is 12.1. The van der Waals surface area contributed by atoms with Crippen LogP contribution in [0.3, 0.4) is 0 Å². The average Bonchev–Trinajstić information content (AvgIpc) is 2.89. The van der Waals surface area contributed by atoms with Crippen LogP contribution in [0.5, 0.6) is 0 Å². The Morgan fingerprint density at radius 1 is 1.37 bits per heavy atom. The summed E-state index contributed by atoms with van der Waals surface area (Å²) in [6, 6.07) is 1.62. The van der Waals surface area contributed by atoms with E-state index in [9.17, 15) is 8.42 Å². The molecule has 19 heavy (non-hydrogen) atoms. The molecule has 8 heteroatoms. The van der Waals surface area contributed by atoms with Crippen molar-refractivity contribution < 1.29 is 8.42 Å². The van der Waals surface area contributed by atoms with Gasteiger partial charge in [-0.25, -0.2) is 13.1 Å². The topological polar surface area (TPSA) is 75.4 Å². The molecule has 0 aliphatic carbocycles. The summed E-state index contributed by atoms with van der Waals surface area (Å²) in [4.78, 5) is 3.33. The van der Waals surface area contributed by atoms with E-state index in [1.807, 2.05) is 11.8 Å². The number of thiophene rings is 1. The zero-order valence-corrected chi connectivity index (χ0v) is 13.1. The SMILES string of the molecule is NCc1sccc1S(=O)(=O)NCCN1CCSCC1. The predicted molar refractivity (Wildman–Crippen MR) is 81.2 cm³/mol. The molecule has 1 aromatic rings. The maximum absolute atomic E-state index is 12.1. The zero-order valence-electron chi connectivity index (χ0n) is 10.7. The van der Waals surface area contributed by atoms with Crippen molar-refractivity contribution >= 4 is 33.1 Å². The van der Waals surface area contributed by atoms with E-state index in [0.717, 1.165) is 31.1 Å². The summed E-state index contributed by atoms with van der Waals surface area (Å²) < 4.78 is 26.9. The van der Waals surface area contributed by atoms with Crippen LogP contribution in [0, 0.1) is 0 Å². The Bertz CT molecular complexity index is 495. The van der Waals surface area contributed by atoms with Crippen molar-refractivity contribution in [3.05, 3.63) is 16.3 Å². The Kier molecular flexibility index (Phi) is 5.67. The molecule has 0 amide bonds. The molecule has 1 fully saturated rings. The lowest BCUT2D eigenvalue weighted by Gasteiger charge is -2.25. The van der Waals surface area contributed by atoms with E-state index in [2.05, 4.69) is 9.62 Å². The molecule has 0 atom stereocenters. The maximum Gasteiger partial charge on any atom is 0.241 e. The van der Waals surface area contributed by atoms with Gasteiger partial charge >= 0.3 is 0 Å². The fourth-order valence-electron chi connectivity index (χ4n) is 1.96. The third-order valence-electron chi connectivity index (χ3n) is 3.00. The van der Waals surface area contributed by atoms with Gasteiger partial charge < -0.3 is 10.6 Å². The Morgan fingerprint density at radius 2 is 2.11 bits per heavy atom. The lowest BCUT2D eigenvalue weighted by molar-refractivity contribution is 0.307. The zero-order chi connectivity index (χ0) is 13.7. The molecule has 0 bridgehead atoms. The van der Waals surface area contributed by atoms with E-state index in [0.29, 0.717) is 16.3 Å². The van der Waals surface area contributed by atoms with Gasteiger partial charge in [-0.15, -0.1) is 11.3 Å². The van der Waals surface area contributed by atoms with E-state index in [1.165, 1.54) is 11.3 Å². The highest BCUT2D eigenvalue weighted by Crippen LogP contribution is 2.20. The quantitative estimate of drug-likeness (QED) is 0.799. The first kappa shape index (κ1) is 15.3. The van der Waals surface area contributed by atoms with E-state index in [-0.39, 0.29) is 6.54 Å². The minimum absolute atomic E-state index is 0.261. The first-order valence-electron chi connectivity index (χ1n) is 6.19. The lowest BCUT2D eigenvalue weighted by Crippen LogP contribution is -2.39. The molecule has 0 radical (unpaired) electrons. The number of thioether (sulfide) groups is 1. The van der Waals surface area contributed by atoms with Crippen LogP contribution in [0.4, 0.5) is 0 Å². The summed E-state index contributed by atoms with van der Waals surface area (Å²) in [5, 5.41) is 1.76. The van der Waals surface area contributed by atoms with Crippen molar-refractivity contribution in [2.24, 2.45) is 5.73 Å². The lowest BCUT2D eigenvalue weighted by atomic mass is 10.5. The van der Waals surface area contributed by atoms with Gasteiger partial charge in [0.1, 0.15) is 0 Å². The molecule has 1 aliphatic heterocycles. The van der Waals surface area contributed by atoms with E-state index in [4.69, 9.17) is 5.73 Å². The minimum Gasteiger partial charge on any atom is -0.326 e. The normalized spacial score (nSPS) is 17.7. The van der Waals surface area contributed by atoms with E-state index in [1.54, 1.807) is 11.4 Å². The van der Waals surface area contributed by atoms with Crippen LogP contribution < -0.4 is 10.5 Å². The van der Waals surface area contributed by atoms with Crippen LogP contribution in [0.1, 0.15) is 4.88 Å². The fourth-order valence-corrected chi connectivity index (χ4v) is 5.29. The fraction of sp³-hybridized carbons (Fsp3) is 0.636. The van der Waals surface area contributed by atoms with Crippen LogP contribution in [0.15, 0.2) is 16.3 Å². The van der Waals surface area contributed by atoms with Gasteiger partial charge in [0.2, 0.25) is 10.0 Å². The second kappa shape index (κ2) is 7.05. The molecule has 108 valence electrons. The molecule has 0 aromatic carbocycles. The van der Waals surface area contributed by atoms with Crippen LogP contribution in [-0.2, 0) is 16.6 Å². The van der Waals surface area contributed by atoms with E-state index >= 15 is 0 Å². The van der Waals surface area contributed by atoms with Crippen molar-refractivity contribution in [2.75, 3.05) is 37.7 Å². The average molecular weight is 321 g/mol. The second-order valence-electron chi connectivity index (χ2n) is 4.26. The van der Waals surface area contributed by atoms with Crippen LogP contribution in [0.2, 0.25) is 0 Å². The number of hydrogen-bond acceptors (Lipinski definition) is 6. The Hall–Kier alpha value is -0.120. The van der Waals surface area contributed by atoms with Crippen molar-refractivity contribution in [2.45, 2.75) is 11.4 Å². The smallest absolute Gasteiger partial charge is 0.241 e. The highest BCUT2D eigenvalue weighted by molar-refractivity contribution is 7.99. The number of sulfonamides is 1. The van der Waals surface area contributed by atoms with Gasteiger partial charge in [0.15, 0.2) is 0 Å². The van der Waals surface area contributed by atoms with Gasteiger partial charge in [0.05, 0.1) is 4.90 Å². The summed E-state index contributed by atoms with van der Waals surface area (Å²) >= 11 is 3.33. The second-order valence-corrected chi connectivity index (χ2v) is 8.22. The summed E-state index contributed by atoms with van der Waals surface area (Å²) in [5.74, 6) is 2.27. The highest BCUT2D eigenvalue weighted by atomic mass is 32.2. The number of rotatable bonds is 6. The van der Waals surface area contributed by atoms with Gasteiger partial charge in [0, 0.05) is 49.1 Å². The van der Waals surface area contributed by atoms with Crippen molar-refractivity contribution in [3.63, 3.8) is 0 Å². The Labute approximate surface area is 122 Å². The molecular formula is C11H19N3O2S3. The molecule has 0 saturated carbocycles. The van der Waals surface area contributed by atoms with Crippen LogP contribution in [-0.4, -0.2) is 51.0 Å². The Morgan fingerprint density at radius 3 is 2.79 bits per heavy atom. The number of nitrogens with one attached hydrogen (secondary N) is 1. The molecular weight excluding hydrogens is 302 g/mol. The minimum atomic E-state index is -3.41. The standard InChI is InChI=1S/C11H19N3O2S3/c12-9-10-11(1-6-18-10)19(15,16)13-2-3-14-4-7-17-8-5-14/h1,6,13H,2-5,7-9,12H2. The van der Waals surface area contributed by atoms with Crippen molar-refractivity contribution in [3.8, 4) is 0 Å². The van der Waals surface area contributed by atoms with Gasteiger partial charge in [-0.3, -0.25) is 0 Å². The van der Waals surface area contributed by atoms with Gasteiger partial charge in [0.25, 0.3) is 0 Å². The van der Waals surface area contributed by atoms with Gasteiger partial charge in [-0.1, -0.05) is 0 Å². The molecule has 3 N–H and O–H groups in total. The molecule has 0 spiro atoms. The molecule has 1 aromatic heterocycles. The third kappa shape index (κ3) is 4.17. The highest BCUT2D eigenvalue weighted by Gasteiger charge is 2.19. The number of hydrogen-bond donors (Lipinski definition) is 2. The van der Waals surface area contributed by atoms with Crippen molar-refractivity contribution in [1.29, 1.82) is 0 Å². The molecule has 0 unspecified atom stereocenters. The van der Waals surface area contributed by atoms with Crippen LogP contribution in [0.25, 0.3) is 0 Å². The van der Waals surface area contributed by atoms with Gasteiger partial charge in [-0.2, -0.15) is 11.8 Å². The molecule has 1 saturated heterocycles. The summed E-state index contributed by atoms with van der Waals surface area (Å²) in [7, 11) is -3.41. The first-order chi connectivity index (χ1) is 9.13. The van der Waals surface area contributed by atoms with Crippen LogP contribution >= 0.6 is 23.1 Å². The first-order valence-corrected chi connectivity index (χ1v) is 9.71. The third-order valence-corrected chi connectivity index (χ3v) is 6.56. The molecule has 2 rings (SSSR count). The Balaban J connectivity index is 1.87. The number of nitrogens with zero attached hydrogens (tertiary/aromatic N) is 1. The molecule has 2 heterocycles. The summed E-state index contributed by atoms with van der Waals surface area (Å²) in [6.07, 6.45) is 0. The summed E-state index contributed by atoms with van der Waals surface area (Å²) in [6.45, 7) is 3.56. The summed E-state index contributed by atoms with van der Waals surface area (Å²) in [5.41, 5.74) is 5.54. The van der Waals surface area contributed by atoms with Crippen molar-refractivity contribution in [1.82, 2.24) is 9.62 Å². The monoisotopic (exact) mass is 321 g/mol. The predicted octanol–water partition coefficient (Wildman–Crippen LogP) is 0.534. The van der Waals surface area contributed by atoms with Gasteiger partial charge in [-0.05, 0) is 11.4 Å². The molecule has 1 aliphatic rings. The van der Waals surface area contributed by atoms with E-state index < -0.39 is 10.0 Å². The molecule has 5 nitrogen and oxygen atoms in total.